The van der Waals surface area contributed by atoms with Gasteiger partial charge >= 0.3 is 0 Å². The van der Waals surface area contributed by atoms with Crippen molar-refractivity contribution in [2.24, 2.45) is 0 Å². The molecular weight excluding hydrogens is 316 g/mol. The molecule has 1 aliphatic rings. The van der Waals surface area contributed by atoms with Gasteiger partial charge in [0.1, 0.15) is 0 Å². The molecule has 2 heterocycles. The summed E-state index contributed by atoms with van der Waals surface area (Å²) in [5.74, 6) is 0.935. The van der Waals surface area contributed by atoms with Crippen LogP contribution in [-0.2, 0) is 13.0 Å². The van der Waals surface area contributed by atoms with E-state index < -0.39 is 0 Å². The number of benzene rings is 2. The quantitative estimate of drug-likeness (QED) is 0.711. The van der Waals surface area contributed by atoms with Crippen molar-refractivity contribution < 1.29 is 0 Å². The maximum absolute atomic E-state index is 5.66. The van der Waals surface area contributed by atoms with E-state index in [1.54, 1.807) is 0 Å². The molecule has 0 fully saturated rings. The fraction of sp³-hybridized carbons (Fsp3) is 0.263. The van der Waals surface area contributed by atoms with Crippen LogP contribution in [0.3, 0.4) is 0 Å². The van der Waals surface area contributed by atoms with Gasteiger partial charge in [-0.05, 0) is 54.9 Å². The molecule has 0 spiro atoms. The fourth-order valence-electron chi connectivity index (χ4n) is 3.18. The summed E-state index contributed by atoms with van der Waals surface area (Å²) in [7, 11) is 0. The molecule has 0 saturated carbocycles. The molecule has 0 amide bonds. The zero-order valence-electron chi connectivity index (χ0n) is 13.7. The van der Waals surface area contributed by atoms with E-state index in [4.69, 9.17) is 17.2 Å². The predicted octanol–water partition coefficient (Wildman–Crippen LogP) is 4.21. The molecule has 0 saturated heterocycles. The largest absolute Gasteiger partial charge is 0.332 e. The minimum atomic E-state index is 0.704. The molecule has 2 aromatic carbocycles. The summed E-state index contributed by atoms with van der Waals surface area (Å²) >= 11 is 5.66. The van der Waals surface area contributed by atoms with Crippen LogP contribution in [-0.4, -0.2) is 21.2 Å². The second-order valence-corrected chi connectivity index (χ2v) is 6.42. The van der Waals surface area contributed by atoms with Gasteiger partial charge < -0.3 is 9.88 Å². The highest BCUT2D eigenvalue weighted by Gasteiger charge is 2.24. The standard InChI is InChI=1S/C19H20N4S/c1-2-14-8-10-15(11-9-14)20-19(24)23-13-5-12-22-17-7-4-3-6-16(17)21-18(22)23/h3-4,6-11H,2,5,12-13H2,1H3,(H,20,24). The Balaban J connectivity index is 1.61. The number of rotatable bonds is 2. The molecule has 4 nitrogen and oxygen atoms in total. The van der Waals surface area contributed by atoms with Gasteiger partial charge in [-0.1, -0.05) is 31.2 Å². The van der Waals surface area contributed by atoms with Gasteiger partial charge in [0.05, 0.1) is 11.0 Å². The van der Waals surface area contributed by atoms with Gasteiger partial charge in [-0.25, -0.2) is 4.98 Å². The maximum atomic E-state index is 5.66. The molecule has 5 heteroatoms. The number of para-hydroxylation sites is 2. The van der Waals surface area contributed by atoms with E-state index in [2.05, 4.69) is 64.2 Å². The van der Waals surface area contributed by atoms with E-state index in [0.29, 0.717) is 5.11 Å². The van der Waals surface area contributed by atoms with Gasteiger partial charge in [0, 0.05) is 18.8 Å². The minimum absolute atomic E-state index is 0.704. The first-order valence-corrected chi connectivity index (χ1v) is 8.80. The minimum Gasteiger partial charge on any atom is -0.332 e. The highest BCUT2D eigenvalue weighted by atomic mass is 32.1. The smallest absolute Gasteiger partial charge is 0.212 e. The van der Waals surface area contributed by atoms with E-state index in [0.717, 1.165) is 43.1 Å². The summed E-state index contributed by atoms with van der Waals surface area (Å²) in [5, 5.41) is 4.06. The SMILES string of the molecule is CCc1ccc(NC(=S)N2CCCn3c2nc2ccccc23)cc1. The molecule has 0 atom stereocenters. The van der Waals surface area contributed by atoms with Gasteiger partial charge in [0.2, 0.25) is 5.95 Å². The monoisotopic (exact) mass is 336 g/mol. The number of fused-ring (bicyclic) bond motifs is 3. The van der Waals surface area contributed by atoms with Crippen molar-refractivity contribution in [1.29, 1.82) is 0 Å². The van der Waals surface area contributed by atoms with E-state index in [9.17, 15) is 0 Å². The summed E-state index contributed by atoms with van der Waals surface area (Å²) in [4.78, 5) is 6.89. The average molecular weight is 336 g/mol. The Morgan fingerprint density at radius 2 is 1.92 bits per heavy atom. The van der Waals surface area contributed by atoms with Crippen LogP contribution in [0, 0.1) is 0 Å². The zero-order valence-corrected chi connectivity index (χ0v) is 14.5. The van der Waals surface area contributed by atoms with Gasteiger partial charge in [-0.3, -0.25) is 4.90 Å². The fourth-order valence-corrected chi connectivity index (χ4v) is 3.47. The lowest BCUT2D eigenvalue weighted by molar-refractivity contribution is 0.612. The molecule has 1 aliphatic heterocycles. The first kappa shape index (κ1) is 15.1. The van der Waals surface area contributed by atoms with Crippen LogP contribution < -0.4 is 10.2 Å². The number of hydrogen-bond donors (Lipinski definition) is 1. The molecule has 0 radical (unpaired) electrons. The van der Waals surface area contributed by atoms with Crippen molar-refractivity contribution in [2.45, 2.75) is 26.3 Å². The topological polar surface area (TPSA) is 33.1 Å². The van der Waals surface area contributed by atoms with Crippen LogP contribution in [0.1, 0.15) is 18.9 Å². The van der Waals surface area contributed by atoms with Gasteiger partial charge in [0.25, 0.3) is 0 Å². The number of imidazole rings is 1. The summed E-state index contributed by atoms with van der Waals surface area (Å²) in [6, 6.07) is 16.7. The van der Waals surface area contributed by atoms with Crippen molar-refractivity contribution >= 4 is 40.0 Å². The Morgan fingerprint density at radius 3 is 2.71 bits per heavy atom. The number of aromatic nitrogens is 2. The maximum Gasteiger partial charge on any atom is 0.212 e. The van der Waals surface area contributed by atoms with E-state index in [-0.39, 0.29) is 0 Å². The Morgan fingerprint density at radius 1 is 1.12 bits per heavy atom. The van der Waals surface area contributed by atoms with E-state index in [1.807, 2.05) is 6.07 Å². The zero-order chi connectivity index (χ0) is 16.5. The third kappa shape index (κ3) is 2.65. The molecule has 0 unspecified atom stereocenters. The van der Waals surface area contributed by atoms with Crippen LogP contribution >= 0.6 is 12.2 Å². The molecule has 3 aromatic rings. The van der Waals surface area contributed by atoms with Crippen molar-refractivity contribution in [3.05, 3.63) is 54.1 Å². The normalized spacial score (nSPS) is 13.8. The van der Waals surface area contributed by atoms with Gasteiger partial charge in [-0.15, -0.1) is 0 Å². The summed E-state index contributed by atoms with van der Waals surface area (Å²) in [5.41, 5.74) is 4.54. The van der Waals surface area contributed by atoms with Crippen LogP contribution in [0.4, 0.5) is 11.6 Å². The van der Waals surface area contributed by atoms with Crippen molar-refractivity contribution in [1.82, 2.24) is 9.55 Å². The van der Waals surface area contributed by atoms with Crippen LogP contribution in [0.5, 0.6) is 0 Å². The predicted molar refractivity (Wildman–Crippen MR) is 104 cm³/mol. The summed E-state index contributed by atoms with van der Waals surface area (Å²) < 4.78 is 2.26. The average Bonchev–Trinajstić information content (AvgIpc) is 3.01. The Hall–Kier alpha value is -2.40. The first-order valence-electron chi connectivity index (χ1n) is 8.39. The number of hydrogen-bond acceptors (Lipinski definition) is 2. The van der Waals surface area contributed by atoms with Crippen LogP contribution in [0.15, 0.2) is 48.5 Å². The molecule has 0 aliphatic carbocycles. The number of nitrogens with one attached hydrogen (secondary N) is 1. The third-order valence-electron chi connectivity index (χ3n) is 4.50. The lowest BCUT2D eigenvalue weighted by Gasteiger charge is -2.29. The molecular formula is C19H20N4S. The first-order chi connectivity index (χ1) is 11.8. The second-order valence-electron chi connectivity index (χ2n) is 6.04. The molecule has 24 heavy (non-hydrogen) atoms. The summed E-state index contributed by atoms with van der Waals surface area (Å²) in [6.07, 6.45) is 2.10. The Kier molecular flexibility index (Phi) is 3.94. The van der Waals surface area contributed by atoms with Gasteiger partial charge in [0.15, 0.2) is 5.11 Å². The van der Waals surface area contributed by atoms with Crippen molar-refractivity contribution in [3.8, 4) is 0 Å². The number of anilines is 2. The summed E-state index contributed by atoms with van der Waals surface area (Å²) in [6.45, 7) is 4.04. The van der Waals surface area contributed by atoms with Crippen molar-refractivity contribution in [2.75, 3.05) is 16.8 Å². The molecule has 1 aromatic heterocycles. The highest BCUT2D eigenvalue weighted by molar-refractivity contribution is 7.80. The number of thiocarbonyl (C=S) groups is 1. The lowest BCUT2D eigenvalue weighted by atomic mass is 10.1. The van der Waals surface area contributed by atoms with E-state index >= 15 is 0 Å². The Bertz CT molecular complexity index is 882. The Labute approximate surface area is 147 Å². The molecule has 4 rings (SSSR count). The van der Waals surface area contributed by atoms with Crippen molar-refractivity contribution in [3.63, 3.8) is 0 Å². The number of nitrogens with zero attached hydrogens (tertiary/aromatic N) is 3. The van der Waals surface area contributed by atoms with Gasteiger partial charge in [-0.2, -0.15) is 0 Å². The molecule has 0 bridgehead atoms. The van der Waals surface area contributed by atoms with E-state index in [1.165, 1.54) is 11.1 Å². The van der Waals surface area contributed by atoms with Crippen LogP contribution in [0.25, 0.3) is 11.0 Å². The van der Waals surface area contributed by atoms with Crippen LogP contribution in [0.2, 0.25) is 0 Å². The molecule has 122 valence electrons. The molecule has 1 N–H and O–H groups in total. The second kappa shape index (κ2) is 6.24. The highest BCUT2D eigenvalue weighted by Crippen LogP contribution is 2.27. The number of aryl methyl sites for hydroxylation is 2. The lowest BCUT2D eigenvalue weighted by Crippen LogP contribution is -2.40. The third-order valence-corrected chi connectivity index (χ3v) is 4.82.